The number of likely N-dealkylation sites (N-methyl/N-ethyl adjacent to an activating group) is 1. The third-order valence-electron chi connectivity index (χ3n) is 3.17. The van der Waals surface area contributed by atoms with E-state index in [1.165, 1.54) is 12.1 Å². The lowest BCUT2D eigenvalue weighted by atomic mass is 10.2. The second-order valence-electron chi connectivity index (χ2n) is 4.54. The number of hydrogen-bond donors (Lipinski definition) is 0. The first-order chi connectivity index (χ1) is 10.2. The fraction of sp³-hybridized carbons (Fsp3) is 0.235. The number of benzene rings is 2. The summed E-state index contributed by atoms with van der Waals surface area (Å²) in [7, 11) is 0. The minimum atomic E-state index is -0.237. The molecule has 2 aromatic carbocycles. The Kier molecular flexibility index (Phi) is 5.16. The Morgan fingerprint density at radius 3 is 2.57 bits per heavy atom. The number of rotatable bonds is 6. The van der Waals surface area contributed by atoms with E-state index >= 15 is 0 Å². The summed E-state index contributed by atoms with van der Waals surface area (Å²) in [6.45, 7) is 3.96. The summed E-state index contributed by atoms with van der Waals surface area (Å²) < 4.78 is 18.9. The van der Waals surface area contributed by atoms with Gasteiger partial charge in [-0.05, 0) is 49.4 Å². The predicted octanol–water partition coefficient (Wildman–Crippen LogP) is 3.60. The lowest BCUT2D eigenvalue weighted by Gasteiger charge is -2.23. The van der Waals surface area contributed by atoms with Crippen LogP contribution in [0, 0.1) is 17.1 Å². The zero-order valence-electron chi connectivity index (χ0n) is 11.9. The highest BCUT2D eigenvalue weighted by atomic mass is 19.1. The lowest BCUT2D eigenvalue weighted by Crippen LogP contribution is -2.28. The first kappa shape index (κ1) is 14.9. The van der Waals surface area contributed by atoms with Crippen LogP contribution >= 0.6 is 0 Å². The highest BCUT2D eigenvalue weighted by Crippen LogP contribution is 2.16. The summed E-state index contributed by atoms with van der Waals surface area (Å²) in [4.78, 5) is 2.05. The highest BCUT2D eigenvalue weighted by molar-refractivity contribution is 5.46. The monoisotopic (exact) mass is 284 g/mol. The van der Waals surface area contributed by atoms with Gasteiger partial charge in [0.1, 0.15) is 18.2 Å². The number of anilines is 1. The van der Waals surface area contributed by atoms with Gasteiger partial charge in [-0.15, -0.1) is 0 Å². The maximum atomic E-state index is 13.2. The molecule has 0 spiro atoms. The fourth-order valence-electron chi connectivity index (χ4n) is 2.04. The minimum absolute atomic E-state index is 0.237. The standard InChI is InChI=1S/C17H17FN2O/c1-2-20(16-5-3-4-15(18)12-16)10-11-21-17-8-6-14(13-19)7-9-17/h3-9,12H,2,10-11H2,1H3. The van der Waals surface area contributed by atoms with Crippen LogP contribution in [-0.4, -0.2) is 19.7 Å². The van der Waals surface area contributed by atoms with E-state index in [1.54, 1.807) is 30.3 Å². The molecule has 0 heterocycles. The minimum Gasteiger partial charge on any atom is -0.492 e. The molecule has 21 heavy (non-hydrogen) atoms. The molecule has 0 aliphatic carbocycles. The van der Waals surface area contributed by atoms with Crippen molar-refractivity contribution in [3.63, 3.8) is 0 Å². The smallest absolute Gasteiger partial charge is 0.125 e. The van der Waals surface area contributed by atoms with E-state index in [1.807, 2.05) is 17.9 Å². The molecule has 108 valence electrons. The van der Waals surface area contributed by atoms with Crippen LogP contribution in [0.1, 0.15) is 12.5 Å². The normalized spacial score (nSPS) is 9.95. The zero-order valence-corrected chi connectivity index (χ0v) is 11.9. The average Bonchev–Trinajstić information content (AvgIpc) is 2.52. The highest BCUT2D eigenvalue weighted by Gasteiger charge is 2.05. The van der Waals surface area contributed by atoms with Gasteiger partial charge in [0, 0.05) is 12.2 Å². The zero-order chi connectivity index (χ0) is 15.1. The molecule has 2 rings (SSSR count). The third-order valence-corrected chi connectivity index (χ3v) is 3.17. The Bertz CT molecular complexity index is 619. The van der Waals surface area contributed by atoms with Gasteiger partial charge in [0.25, 0.3) is 0 Å². The van der Waals surface area contributed by atoms with Crippen molar-refractivity contribution >= 4 is 5.69 Å². The Balaban J connectivity index is 1.90. The molecule has 0 bridgehead atoms. The van der Waals surface area contributed by atoms with Crippen LogP contribution in [0.5, 0.6) is 5.75 Å². The van der Waals surface area contributed by atoms with Crippen molar-refractivity contribution in [2.45, 2.75) is 6.92 Å². The lowest BCUT2D eigenvalue weighted by molar-refractivity contribution is 0.324. The van der Waals surface area contributed by atoms with Gasteiger partial charge in [-0.3, -0.25) is 0 Å². The van der Waals surface area contributed by atoms with Gasteiger partial charge in [-0.2, -0.15) is 5.26 Å². The molecule has 0 atom stereocenters. The Morgan fingerprint density at radius 2 is 1.95 bits per heavy atom. The van der Waals surface area contributed by atoms with E-state index < -0.39 is 0 Å². The van der Waals surface area contributed by atoms with Gasteiger partial charge < -0.3 is 9.64 Å². The van der Waals surface area contributed by atoms with Crippen molar-refractivity contribution in [3.05, 3.63) is 59.9 Å². The van der Waals surface area contributed by atoms with E-state index in [4.69, 9.17) is 10.00 Å². The van der Waals surface area contributed by atoms with Crippen LogP contribution in [0.3, 0.4) is 0 Å². The van der Waals surface area contributed by atoms with E-state index in [0.717, 1.165) is 18.0 Å². The predicted molar refractivity (Wildman–Crippen MR) is 80.9 cm³/mol. The van der Waals surface area contributed by atoms with Gasteiger partial charge >= 0.3 is 0 Å². The molecule has 0 amide bonds. The van der Waals surface area contributed by atoms with Crippen LogP contribution in [0.15, 0.2) is 48.5 Å². The molecule has 4 heteroatoms. The maximum Gasteiger partial charge on any atom is 0.125 e. The number of nitrogens with zero attached hydrogens (tertiary/aromatic N) is 2. The first-order valence-corrected chi connectivity index (χ1v) is 6.86. The Hall–Kier alpha value is -2.54. The molecular weight excluding hydrogens is 267 g/mol. The van der Waals surface area contributed by atoms with Crippen molar-refractivity contribution in [2.75, 3.05) is 24.6 Å². The third kappa shape index (κ3) is 4.22. The van der Waals surface area contributed by atoms with E-state index in [-0.39, 0.29) is 5.82 Å². The maximum absolute atomic E-state index is 13.2. The van der Waals surface area contributed by atoms with Crippen molar-refractivity contribution in [3.8, 4) is 11.8 Å². The van der Waals surface area contributed by atoms with Gasteiger partial charge in [0.2, 0.25) is 0 Å². The summed E-state index contributed by atoms with van der Waals surface area (Å²) in [5, 5.41) is 8.73. The molecule has 0 aromatic heterocycles. The van der Waals surface area contributed by atoms with Gasteiger partial charge in [-0.1, -0.05) is 6.07 Å². The second kappa shape index (κ2) is 7.30. The first-order valence-electron chi connectivity index (χ1n) is 6.86. The molecule has 0 N–H and O–H groups in total. The second-order valence-corrected chi connectivity index (χ2v) is 4.54. The summed E-state index contributed by atoms with van der Waals surface area (Å²) in [6, 6.07) is 15.6. The number of nitriles is 1. The van der Waals surface area contributed by atoms with Crippen LogP contribution in [0.4, 0.5) is 10.1 Å². The fourth-order valence-corrected chi connectivity index (χ4v) is 2.04. The van der Waals surface area contributed by atoms with E-state index in [2.05, 4.69) is 6.07 Å². The Morgan fingerprint density at radius 1 is 1.19 bits per heavy atom. The molecule has 0 saturated carbocycles. The molecule has 0 unspecified atom stereocenters. The quantitative estimate of drug-likeness (QED) is 0.813. The van der Waals surface area contributed by atoms with Gasteiger partial charge in [0.15, 0.2) is 0 Å². The van der Waals surface area contributed by atoms with Gasteiger partial charge in [-0.25, -0.2) is 4.39 Å². The van der Waals surface area contributed by atoms with E-state index in [9.17, 15) is 4.39 Å². The van der Waals surface area contributed by atoms with Crippen LogP contribution < -0.4 is 9.64 Å². The molecule has 0 radical (unpaired) electrons. The molecule has 0 aliphatic heterocycles. The molecule has 0 fully saturated rings. The molecule has 0 saturated heterocycles. The van der Waals surface area contributed by atoms with Crippen molar-refractivity contribution in [1.29, 1.82) is 5.26 Å². The van der Waals surface area contributed by atoms with Crippen molar-refractivity contribution < 1.29 is 9.13 Å². The van der Waals surface area contributed by atoms with Crippen molar-refractivity contribution in [1.82, 2.24) is 0 Å². The molecule has 2 aromatic rings. The average molecular weight is 284 g/mol. The van der Waals surface area contributed by atoms with Gasteiger partial charge in [0.05, 0.1) is 18.2 Å². The number of hydrogen-bond acceptors (Lipinski definition) is 3. The largest absolute Gasteiger partial charge is 0.492 e. The van der Waals surface area contributed by atoms with Crippen LogP contribution in [0.2, 0.25) is 0 Å². The summed E-state index contributed by atoms with van der Waals surface area (Å²) in [5.74, 6) is 0.489. The molecular formula is C17H17FN2O. The summed E-state index contributed by atoms with van der Waals surface area (Å²) in [6.07, 6.45) is 0. The SMILES string of the molecule is CCN(CCOc1ccc(C#N)cc1)c1cccc(F)c1. The number of ether oxygens (including phenoxy) is 1. The van der Waals surface area contributed by atoms with Crippen LogP contribution in [0.25, 0.3) is 0 Å². The summed E-state index contributed by atoms with van der Waals surface area (Å²) in [5.41, 5.74) is 1.46. The molecule has 0 aliphatic rings. The Labute approximate surface area is 124 Å². The van der Waals surface area contributed by atoms with Crippen LogP contribution in [-0.2, 0) is 0 Å². The molecule has 3 nitrogen and oxygen atoms in total. The van der Waals surface area contributed by atoms with E-state index in [0.29, 0.717) is 18.7 Å². The number of halogens is 1. The van der Waals surface area contributed by atoms with Crippen molar-refractivity contribution in [2.24, 2.45) is 0 Å². The summed E-state index contributed by atoms with van der Waals surface area (Å²) >= 11 is 0. The topological polar surface area (TPSA) is 36.3 Å².